The third-order valence-corrected chi connectivity index (χ3v) is 8.16. The van der Waals surface area contributed by atoms with E-state index in [9.17, 15) is 14.7 Å². The van der Waals surface area contributed by atoms with Crippen molar-refractivity contribution in [2.24, 2.45) is 0 Å². The molecule has 1 amide bonds. The molecule has 4 N–H and O–H groups in total. The number of Topliss-reactive ketones (excluding diaryl/α,β-unsaturated/α-hetero) is 1. The molecule has 3 heterocycles. The Morgan fingerprint density at radius 2 is 1.79 bits per heavy atom. The van der Waals surface area contributed by atoms with Crippen molar-refractivity contribution in [2.45, 2.75) is 94.7 Å². The monoisotopic (exact) mass is 517 g/mol. The summed E-state index contributed by atoms with van der Waals surface area (Å²) in [6.45, 7) is 6.82. The molecule has 0 radical (unpaired) electrons. The molecule has 2 aromatic heterocycles. The van der Waals surface area contributed by atoms with Crippen LogP contribution in [0.25, 0.3) is 11.0 Å². The van der Waals surface area contributed by atoms with Crippen molar-refractivity contribution in [3.63, 3.8) is 0 Å². The topological polar surface area (TPSA) is 120 Å². The predicted octanol–water partition coefficient (Wildman–Crippen LogP) is 3.86. The molecule has 1 saturated heterocycles. The average Bonchev–Trinajstić information content (AvgIpc) is 3.56. The maximum atomic E-state index is 14.3. The van der Waals surface area contributed by atoms with E-state index in [-0.39, 0.29) is 23.1 Å². The number of rotatable bonds is 7. The van der Waals surface area contributed by atoms with E-state index in [0.717, 1.165) is 42.3 Å². The summed E-state index contributed by atoms with van der Waals surface area (Å²) in [7, 11) is 0. The van der Waals surface area contributed by atoms with E-state index in [1.807, 2.05) is 12.1 Å². The first-order chi connectivity index (χ1) is 18.2. The zero-order valence-electron chi connectivity index (χ0n) is 22.5. The van der Waals surface area contributed by atoms with Gasteiger partial charge in [-0.05, 0) is 35.8 Å². The van der Waals surface area contributed by atoms with Gasteiger partial charge in [0.25, 0.3) is 0 Å². The van der Waals surface area contributed by atoms with Gasteiger partial charge in [0, 0.05) is 24.3 Å². The number of amides is 1. The Bertz CT molecular complexity index is 1270. The minimum Gasteiger partial charge on any atom is -0.392 e. The van der Waals surface area contributed by atoms with Crippen molar-refractivity contribution in [3.05, 3.63) is 59.7 Å². The number of nitrogens with zero attached hydrogens (tertiary/aromatic N) is 2. The number of aliphatic hydroxyl groups excluding tert-OH is 1. The van der Waals surface area contributed by atoms with Crippen LogP contribution < -0.4 is 10.6 Å². The van der Waals surface area contributed by atoms with Crippen molar-refractivity contribution in [1.29, 1.82) is 0 Å². The molecule has 8 nitrogen and oxygen atoms in total. The predicted molar refractivity (Wildman–Crippen MR) is 147 cm³/mol. The van der Waals surface area contributed by atoms with Crippen LogP contribution in [0.1, 0.15) is 87.8 Å². The van der Waals surface area contributed by atoms with Crippen LogP contribution in [0.5, 0.6) is 0 Å². The SMILES string of the molecule is CC(C)(C)c1ccc(C(C(=O)[C@H]2C[C@@H](O)CN2)C(C(=O)NC2CCCCC2)c2cncc3[nH]cnc23)cc1. The molecule has 3 aromatic rings. The smallest absolute Gasteiger partial charge is 0.228 e. The van der Waals surface area contributed by atoms with E-state index >= 15 is 0 Å². The van der Waals surface area contributed by atoms with Crippen LogP contribution in [-0.4, -0.2) is 56.5 Å². The fourth-order valence-electron chi connectivity index (χ4n) is 5.99. The Labute approximate surface area is 224 Å². The maximum absolute atomic E-state index is 14.3. The molecule has 5 rings (SSSR count). The molecule has 0 bridgehead atoms. The van der Waals surface area contributed by atoms with Gasteiger partial charge in [0.05, 0.1) is 47.5 Å². The number of carbonyl (C=O) groups excluding carboxylic acids is 2. The Kier molecular flexibility index (Phi) is 7.63. The molecule has 2 fully saturated rings. The van der Waals surface area contributed by atoms with E-state index in [2.05, 4.69) is 58.5 Å². The quantitative estimate of drug-likeness (QED) is 0.378. The molecule has 4 atom stereocenters. The van der Waals surface area contributed by atoms with Crippen LogP contribution in [0.3, 0.4) is 0 Å². The summed E-state index contributed by atoms with van der Waals surface area (Å²) in [6, 6.07) is 7.62. The van der Waals surface area contributed by atoms with Crippen molar-refractivity contribution in [2.75, 3.05) is 6.54 Å². The number of hydrogen-bond donors (Lipinski definition) is 4. The number of carbonyl (C=O) groups is 2. The van der Waals surface area contributed by atoms with Crippen LogP contribution in [0.15, 0.2) is 43.0 Å². The number of nitrogens with one attached hydrogen (secondary N) is 3. The number of aromatic amines is 1. The van der Waals surface area contributed by atoms with Crippen LogP contribution in [-0.2, 0) is 15.0 Å². The van der Waals surface area contributed by atoms with Gasteiger partial charge in [0.15, 0.2) is 5.78 Å². The molecule has 1 aliphatic carbocycles. The summed E-state index contributed by atoms with van der Waals surface area (Å²) in [5.74, 6) is -1.85. The van der Waals surface area contributed by atoms with Gasteiger partial charge in [-0.15, -0.1) is 0 Å². The number of H-pyrrole nitrogens is 1. The van der Waals surface area contributed by atoms with E-state index in [0.29, 0.717) is 24.0 Å². The largest absolute Gasteiger partial charge is 0.392 e. The van der Waals surface area contributed by atoms with Gasteiger partial charge in [-0.2, -0.15) is 0 Å². The lowest BCUT2D eigenvalue weighted by molar-refractivity contribution is -0.129. The van der Waals surface area contributed by atoms with Crippen LogP contribution >= 0.6 is 0 Å². The highest BCUT2D eigenvalue weighted by Crippen LogP contribution is 2.39. The second kappa shape index (κ2) is 10.9. The molecule has 2 aliphatic rings. The summed E-state index contributed by atoms with van der Waals surface area (Å²) >= 11 is 0. The number of fused-ring (bicyclic) bond motifs is 1. The molecule has 1 saturated carbocycles. The highest BCUT2D eigenvalue weighted by Gasteiger charge is 2.43. The van der Waals surface area contributed by atoms with Crippen molar-refractivity contribution >= 4 is 22.7 Å². The summed E-state index contributed by atoms with van der Waals surface area (Å²) in [6.07, 6.45) is 9.95. The average molecular weight is 518 g/mol. The zero-order valence-corrected chi connectivity index (χ0v) is 22.5. The molecule has 8 heteroatoms. The lowest BCUT2D eigenvalue weighted by Crippen LogP contribution is -2.44. The first-order valence-electron chi connectivity index (χ1n) is 13.9. The summed E-state index contributed by atoms with van der Waals surface area (Å²) in [5, 5.41) is 16.7. The minimum absolute atomic E-state index is 0.0442. The molecule has 1 aromatic carbocycles. The van der Waals surface area contributed by atoms with Gasteiger partial charge < -0.3 is 20.7 Å². The molecular formula is C30H39N5O3. The Morgan fingerprint density at radius 3 is 2.45 bits per heavy atom. The van der Waals surface area contributed by atoms with Crippen LogP contribution in [0.4, 0.5) is 0 Å². The zero-order chi connectivity index (χ0) is 26.9. The maximum Gasteiger partial charge on any atom is 0.228 e. The van der Waals surface area contributed by atoms with Gasteiger partial charge in [-0.25, -0.2) is 4.98 Å². The highest BCUT2D eigenvalue weighted by atomic mass is 16.3. The molecule has 1 aliphatic heterocycles. The lowest BCUT2D eigenvalue weighted by Gasteiger charge is -2.31. The lowest BCUT2D eigenvalue weighted by atomic mass is 9.75. The number of aliphatic hydroxyl groups is 1. The molecule has 2 unspecified atom stereocenters. The van der Waals surface area contributed by atoms with E-state index in [1.165, 1.54) is 6.42 Å². The number of imidazole rings is 1. The second-order valence-electron chi connectivity index (χ2n) is 12.0. The molecular weight excluding hydrogens is 478 g/mol. The summed E-state index contributed by atoms with van der Waals surface area (Å²) in [5.41, 5.74) is 3.89. The number of ketones is 1. The van der Waals surface area contributed by atoms with Crippen LogP contribution in [0.2, 0.25) is 0 Å². The normalized spacial score (nSPS) is 22.3. The summed E-state index contributed by atoms with van der Waals surface area (Å²) in [4.78, 5) is 40.5. The molecule has 202 valence electrons. The van der Waals surface area contributed by atoms with Gasteiger partial charge in [-0.3, -0.25) is 14.6 Å². The van der Waals surface area contributed by atoms with E-state index in [4.69, 9.17) is 0 Å². The third kappa shape index (κ3) is 5.52. The van der Waals surface area contributed by atoms with E-state index in [1.54, 1.807) is 18.7 Å². The second-order valence-corrected chi connectivity index (χ2v) is 12.0. The molecule has 0 spiro atoms. The van der Waals surface area contributed by atoms with Crippen molar-refractivity contribution in [3.8, 4) is 0 Å². The third-order valence-electron chi connectivity index (χ3n) is 8.16. The Morgan fingerprint density at radius 1 is 1.05 bits per heavy atom. The Balaban J connectivity index is 1.62. The van der Waals surface area contributed by atoms with Crippen LogP contribution in [0, 0.1) is 0 Å². The van der Waals surface area contributed by atoms with Gasteiger partial charge in [0.1, 0.15) is 0 Å². The fourth-order valence-corrected chi connectivity index (χ4v) is 5.99. The molecule has 38 heavy (non-hydrogen) atoms. The van der Waals surface area contributed by atoms with E-state index < -0.39 is 24.0 Å². The number of benzene rings is 1. The first kappa shape index (κ1) is 26.5. The van der Waals surface area contributed by atoms with Crippen molar-refractivity contribution < 1.29 is 14.7 Å². The van der Waals surface area contributed by atoms with Gasteiger partial charge >= 0.3 is 0 Å². The highest BCUT2D eigenvalue weighted by molar-refractivity contribution is 6.00. The van der Waals surface area contributed by atoms with Crippen molar-refractivity contribution in [1.82, 2.24) is 25.6 Å². The Hall–Kier alpha value is -3.10. The number of pyridine rings is 1. The number of β-amino-alcohol motifs (C(OH)–C–C–N with tert-alkyl or cyclic N) is 1. The number of hydrogen-bond acceptors (Lipinski definition) is 6. The van der Waals surface area contributed by atoms with Gasteiger partial charge in [-0.1, -0.05) is 64.3 Å². The first-order valence-corrected chi connectivity index (χ1v) is 13.9. The number of aromatic nitrogens is 3. The van der Waals surface area contributed by atoms with Gasteiger partial charge in [0.2, 0.25) is 5.91 Å². The fraction of sp³-hybridized carbons (Fsp3) is 0.533. The standard InChI is InChI=1S/C30H39N5O3/c1-30(2,3)19-11-9-18(10-12-19)25(28(37)23-13-21(36)14-32-23)26(29(38)35-20-7-5-4-6-8-20)22-15-31-16-24-27(22)34-17-33-24/h9-12,15-17,20-21,23,25-26,32,36H,4-8,13-14H2,1-3H3,(H,33,34)(H,35,38)/t21-,23-,25?,26?/m1/s1. The summed E-state index contributed by atoms with van der Waals surface area (Å²) < 4.78 is 0. The minimum atomic E-state index is -0.816.